The summed E-state index contributed by atoms with van der Waals surface area (Å²) in [7, 11) is 0. The molecule has 0 radical (unpaired) electrons. The van der Waals surface area contributed by atoms with E-state index in [4.69, 9.17) is 10.5 Å². The summed E-state index contributed by atoms with van der Waals surface area (Å²) in [6.45, 7) is 2.84. The van der Waals surface area contributed by atoms with Gasteiger partial charge < -0.3 is 20.9 Å². The van der Waals surface area contributed by atoms with Gasteiger partial charge in [0.05, 0.1) is 23.8 Å². The van der Waals surface area contributed by atoms with Gasteiger partial charge in [-0.05, 0) is 50.5 Å². The molecule has 0 saturated carbocycles. The topological polar surface area (TPSA) is 84.6 Å². The fourth-order valence-electron chi connectivity index (χ4n) is 2.97. The van der Waals surface area contributed by atoms with Gasteiger partial charge in [0.15, 0.2) is 5.60 Å². The van der Waals surface area contributed by atoms with Crippen molar-refractivity contribution < 1.29 is 41.0 Å². The van der Waals surface area contributed by atoms with Gasteiger partial charge >= 0.3 is 12.4 Å². The third kappa shape index (κ3) is 5.61. The predicted octanol–water partition coefficient (Wildman–Crippen LogP) is 3.16. The molecule has 1 fully saturated rings. The van der Waals surface area contributed by atoms with Crippen LogP contribution in [0.3, 0.4) is 0 Å². The van der Waals surface area contributed by atoms with Crippen molar-refractivity contribution in [1.82, 2.24) is 5.32 Å². The molecule has 0 aliphatic carbocycles. The van der Waals surface area contributed by atoms with Gasteiger partial charge in [0.25, 0.3) is 5.91 Å². The number of nitrogens with two attached hydrogens (primary N) is 1. The van der Waals surface area contributed by atoms with E-state index in [0.717, 1.165) is 0 Å². The zero-order valence-electron chi connectivity index (χ0n) is 15.7. The summed E-state index contributed by atoms with van der Waals surface area (Å²) < 4.78 is 83.5. The highest BCUT2D eigenvalue weighted by molar-refractivity contribution is 5.83. The Morgan fingerprint density at radius 3 is 2.07 bits per heavy atom. The molecular formula is C18H22F6N2O3. The summed E-state index contributed by atoms with van der Waals surface area (Å²) in [6, 6.07) is 1.32. The molecule has 3 atom stereocenters. The normalized spacial score (nSPS) is 26.9. The highest BCUT2D eigenvalue weighted by Gasteiger charge is 2.43. The number of nitrogens with one attached hydrogen (secondary N) is 1. The van der Waals surface area contributed by atoms with Crippen LogP contribution in [0.2, 0.25) is 0 Å². The monoisotopic (exact) mass is 428 g/mol. The van der Waals surface area contributed by atoms with E-state index in [1.54, 1.807) is 6.92 Å². The van der Waals surface area contributed by atoms with E-state index < -0.39 is 46.6 Å². The summed E-state index contributed by atoms with van der Waals surface area (Å²) in [4.78, 5) is 11.3. The van der Waals surface area contributed by atoms with Crippen LogP contribution < -0.4 is 11.1 Å². The van der Waals surface area contributed by atoms with Crippen LogP contribution >= 0.6 is 0 Å². The van der Waals surface area contributed by atoms with Crippen LogP contribution in [0.15, 0.2) is 18.2 Å². The van der Waals surface area contributed by atoms with E-state index in [1.807, 2.05) is 0 Å². The van der Waals surface area contributed by atoms with Crippen molar-refractivity contribution in [2.24, 2.45) is 5.73 Å². The first kappa shape index (κ1) is 23.4. The van der Waals surface area contributed by atoms with E-state index >= 15 is 0 Å². The fraction of sp³-hybridized carbons (Fsp3) is 0.611. The maximum atomic E-state index is 13.0. The first-order valence-electron chi connectivity index (χ1n) is 8.74. The highest BCUT2D eigenvalue weighted by atomic mass is 19.4. The fourth-order valence-corrected chi connectivity index (χ4v) is 2.97. The number of alkyl halides is 6. The SMILES string of the molecule is CC(OCC1(C)CCC(O)(C(N)=O)CN1)c1cc(C(F)(F)F)cc(C(F)(F)F)c1. The van der Waals surface area contributed by atoms with Gasteiger partial charge in [0.1, 0.15) is 0 Å². The quantitative estimate of drug-likeness (QED) is 0.629. The molecule has 1 heterocycles. The van der Waals surface area contributed by atoms with Crippen molar-refractivity contribution >= 4 is 5.91 Å². The smallest absolute Gasteiger partial charge is 0.379 e. The van der Waals surface area contributed by atoms with Crippen molar-refractivity contribution in [3.05, 3.63) is 34.9 Å². The summed E-state index contributed by atoms with van der Waals surface area (Å²) in [5.41, 5.74) is -0.403. The minimum Gasteiger partial charge on any atom is -0.379 e. The second-order valence-corrected chi connectivity index (χ2v) is 7.60. The zero-order valence-corrected chi connectivity index (χ0v) is 15.7. The van der Waals surface area contributed by atoms with Crippen molar-refractivity contribution in [3.63, 3.8) is 0 Å². The van der Waals surface area contributed by atoms with Gasteiger partial charge in [-0.1, -0.05) is 0 Å². The molecule has 4 N–H and O–H groups in total. The number of amides is 1. The minimum atomic E-state index is -4.94. The number of hydrogen-bond acceptors (Lipinski definition) is 4. The van der Waals surface area contributed by atoms with Crippen molar-refractivity contribution in [2.45, 2.75) is 56.3 Å². The molecule has 0 bridgehead atoms. The maximum absolute atomic E-state index is 13.0. The van der Waals surface area contributed by atoms with Gasteiger partial charge in [-0.15, -0.1) is 0 Å². The number of aliphatic hydroxyl groups is 1. The third-order valence-electron chi connectivity index (χ3n) is 5.09. The molecule has 0 aromatic heterocycles. The highest BCUT2D eigenvalue weighted by Crippen LogP contribution is 2.38. The van der Waals surface area contributed by atoms with Crippen molar-refractivity contribution in [3.8, 4) is 0 Å². The number of rotatable bonds is 5. The number of halogens is 6. The third-order valence-corrected chi connectivity index (χ3v) is 5.09. The lowest BCUT2D eigenvalue weighted by molar-refractivity contribution is -0.143. The molecule has 3 unspecified atom stereocenters. The largest absolute Gasteiger partial charge is 0.416 e. The second-order valence-electron chi connectivity index (χ2n) is 7.60. The number of ether oxygens (including phenoxy) is 1. The zero-order chi connectivity index (χ0) is 22.3. The van der Waals surface area contributed by atoms with Gasteiger partial charge in [-0.3, -0.25) is 4.79 Å². The number of carbonyl (C=O) groups is 1. The van der Waals surface area contributed by atoms with E-state index in [0.29, 0.717) is 12.1 Å². The number of hydrogen-bond donors (Lipinski definition) is 3. The number of carbonyl (C=O) groups excluding carboxylic acids is 1. The maximum Gasteiger partial charge on any atom is 0.416 e. The summed E-state index contributed by atoms with van der Waals surface area (Å²) in [5.74, 6) is -0.884. The van der Waals surface area contributed by atoms with Gasteiger partial charge in [-0.2, -0.15) is 26.3 Å². The number of primary amides is 1. The van der Waals surface area contributed by atoms with E-state index in [1.165, 1.54) is 6.92 Å². The van der Waals surface area contributed by atoms with E-state index in [2.05, 4.69) is 5.32 Å². The van der Waals surface area contributed by atoms with E-state index in [9.17, 15) is 36.2 Å². The number of benzene rings is 1. The van der Waals surface area contributed by atoms with Crippen LogP contribution in [-0.4, -0.2) is 35.3 Å². The average molecular weight is 428 g/mol. The summed E-state index contributed by atoms with van der Waals surface area (Å²) in [6.07, 6.45) is -10.6. The Kier molecular flexibility index (Phi) is 6.27. The molecule has 1 aliphatic heterocycles. The van der Waals surface area contributed by atoms with Gasteiger partial charge in [0.2, 0.25) is 0 Å². The number of piperidine rings is 1. The van der Waals surface area contributed by atoms with Crippen LogP contribution in [0.5, 0.6) is 0 Å². The Labute approximate surface area is 163 Å². The first-order valence-corrected chi connectivity index (χ1v) is 8.74. The Balaban J connectivity index is 2.15. The molecule has 5 nitrogen and oxygen atoms in total. The van der Waals surface area contributed by atoms with Crippen LogP contribution in [-0.2, 0) is 21.9 Å². The molecule has 1 saturated heterocycles. The van der Waals surface area contributed by atoms with Gasteiger partial charge in [0, 0.05) is 12.1 Å². The summed E-state index contributed by atoms with van der Waals surface area (Å²) >= 11 is 0. The van der Waals surface area contributed by atoms with Crippen LogP contribution in [0.4, 0.5) is 26.3 Å². The average Bonchev–Trinajstić information content (AvgIpc) is 2.60. The molecule has 11 heteroatoms. The Morgan fingerprint density at radius 1 is 1.17 bits per heavy atom. The van der Waals surface area contributed by atoms with Crippen LogP contribution in [0.1, 0.15) is 49.5 Å². The molecule has 1 aliphatic rings. The summed E-state index contributed by atoms with van der Waals surface area (Å²) in [5, 5.41) is 13.0. The first-order chi connectivity index (χ1) is 13.1. The number of β-amino-alcohol motifs (C(OH)–C–C–N with tert-alkyl or cyclic N) is 1. The molecule has 164 valence electrons. The molecule has 1 aromatic rings. The van der Waals surface area contributed by atoms with E-state index in [-0.39, 0.29) is 37.6 Å². The lowest BCUT2D eigenvalue weighted by Crippen LogP contribution is -2.62. The Hall–Kier alpha value is -1.85. The predicted molar refractivity (Wildman–Crippen MR) is 90.6 cm³/mol. The Bertz CT molecular complexity index is 723. The van der Waals surface area contributed by atoms with Crippen molar-refractivity contribution in [2.75, 3.05) is 13.2 Å². The van der Waals surface area contributed by atoms with Gasteiger partial charge in [-0.25, -0.2) is 0 Å². The van der Waals surface area contributed by atoms with Crippen LogP contribution in [0, 0.1) is 0 Å². The van der Waals surface area contributed by atoms with Crippen molar-refractivity contribution in [1.29, 1.82) is 0 Å². The molecule has 1 amide bonds. The van der Waals surface area contributed by atoms with Crippen LogP contribution in [0.25, 0.3) is 0 Å². The Morgan fingerprint density at radius 2 is 1.69 bits per heavy atom. The molecule has 1 aromatic carbocycles. The molecule has 29 heavy (non-hydrogen) atoms. The molecule has 2 rings (SSSR count). The lowest BCUT2D eigenvalue weighted by atomic mass is 9.83. The lowest BCUT2D eigenvalue weighted by Gasteiger charge is -2.41. The standard InChI is InChI=1S/C18H22F6N2O3/c1-10(29-9-15(2)3-4-16(28,8-26-15)14(25)27)11-5-12(17(19,20)21)7-13(6-11)18(22,23)24/h5-7,10,26,28H,3-4,8-9H2,1-2H3,(H2,25,27). The minimum absolute atomic E-state index is 0.0470. The second kappa shape index (κ2) is 7.77. The molecular weight excluding hydrogens is 406 g/mol. The molecule has 0 spiro atoms.